The lowest BCUT2D eigenvalue weighted by atomic mass is 10.2. The van der Waals surface area contributed by atoms with Crippen molar-refractivity contribution in [3.8, 4) is 5.69 Å². The Bertz CT molecular complexity index is 1260. The summed E-state index contributed by atoms with van der Waals surface area (Å²) in [5, 5.41) is 0.645. The lowest BCUT2D eigenvalue weighted by Gasteiger charge is -2.15. The van der Waals surface area contributed by atoms with E-state index in [2.05, 4.69) is 4.57 Å². The minimum absolute atomic E-state index is 0.0771. The summed E-state index contributed by atoms with van der Waals surface area (Å²) >= 11 is 1.39. The van der Waals surface area contributed by atoms with Crippen molar-refractivity contribution in [3.63, 3.8) is 0 Å². The third-order valence-electron chi connectivity index (χ3n) is 4.90. The minimum Gasteiger partial charge on any atom is -0.317 e. The molecule has 0 unspecified atom stereocenters. The number of hydrogen-bond acceptors (Lipinski definition) is 3. The van der Waals surface area contributed by atoms with E-state index >= 15 is 0 Å². The second-order valence-electron chi connectivity index (χ2n) is 6.96. The fourth-order valence-corrected chi connectivity index (χ4v) is 4.42. The highest BCUT2D eigenvalue weighted by Gasteiger charge is 2.34. The number of amides is 1. The van der Waals surface area contributed by atoms with Crippen molar-refractivity contribution >= 4 is 40.3 Å². The zero-order valence-corrected chi connectivity index (χ0v) is 17.4. The summed E-state index contributed by atoms with van der Waals surface area (Å²) in [5.74, 6) is -0.0771. The number of aliphatic imine (C=N–C) groups is 1. The van der Waals surface area contributed by atoms with Crippen LogP contribution < -0.4 is 4.90 Å². The van der Waals surface area contributed by atoms with Gasteiger partial charge in [-0.3, -0.25) is 9.69 Å². The van der Waals surface area contributed by atoms with Gasteiger partial charge in [-0.25, -0.2) is 4.99 Å². The maximum Gasteiger partial charge on any atom is 0.271 e. The summed E-state index contributed by atoms with van der Waals surface area (Å²) in [7, 11) is 0. The minimum atomic E-state index is -0.0771. The zero-order valence-electron chi connectivity index (χ0n) is 16.6. The maximum absolute atomic E-state index is 13.4. The first kappa shape index (κ1) is 19.2. The van der Waals surface area contributed by atoms with Crippen molar-refractivity contribution in [3.05, 3.63) is 120 Å². The highest BCUT2D eigenvalue weighted by atomic mass is 32.2. The Morgan fingerprint density at radius 1 is 0.710 bits per heavy atom. The molecule has 1 aromatic heterocycles. The molecule has 4 nitrogen and oxygen atoms in total. The number of carbonyl (C=O) groups is 1. The Kier molecular flexibility index (Phi) is 5.25. The van der Waals surface area contributed by atoms with Crippen LogP contribution in [0.1, 0.15) is 5.69 Å². The van der Waals surface area contributed by atoms with E-state index in [0.29, 0.717) is 10.1 Å². The van der Waals surface area contributed by atoms with E-state index in [9.17, 15) is 4.79 Å². The van der Waals surface area contributed by atoms with E-state index in [1.165, 1.54) is 11.8 Å². The number of benzene rings is 3. The average molecular weight is 422 g/mol. The van der Waals surface area contributed by atoms with Gasteiger partial charge in [0.2, 0.25) is 0 Å². The van der Waals surface area contributed by atoms with Gasteiger partial charge >= 0.3 is 0 Å². The molecule has 0 bridgehead atoms. The molecule has 150 valence electrons. The van der Waals surface area contributed by atoms with E-state index in [4.69, 9.17) is 4.99 Å². The normalized spacial score (nSPS) is 16.4. The highest BCUT2D eigenvalue weighted by molar-refractivity contribution is 8.19. The first-order valence-electron chi connectivity index (χ1n) is 9.95. The molecule has 4 aromatic rings. The lowest BCUT2D eigenvalue weighted by molar-refractivity contribution is -0.113. The van der Waals surface area contributed by atoms with Gasteiger partial charge in [0, 0.05) is 17.6 Å². The fraction of sp³-hybridized carbons (Fsp3) is 0. The smallest absolute Gasteiger partial charge is 0.271 e. The number of rotatable bonds is 4. The van der Waals surface area contributed by atoms with Gasteiger partial charge < -0.3 is 4.57 Å². The number of nitrogens with zero attached hydrogens (tertiary/aromatic N) is 3. The van der Waals surface area contributed by atoms with E-state index in [0.717, 1.165) is 22.8 Å². The molecule has 2 heterocycles. The molecule has 3 aromatic carbocycles. The van der Waals surface area contributed by atoms with E-state index in [-0.39, 0.29) is 5.91 Å². The Labute approximate surface area is 185 Å². The molecule has 0 radical (unpaired) electrons. The van der Waals surface area contributed by atoms with Crippen LogP contribution in [0, 0.1) is 0 Å². The quantitative estimate of drug-likeness (QED) is 0.363. The summed E-state index contributed by atoms with van der Waals surface area (Å²) in [6.07, 6.45) is 3.93. The Morgan fingerprint density at radius 2 is 1.32 bits per heavy atom. The van der Waals surface area contributed by atoms with Crippen LogP contribution in [0.5, 0.6) is 0 Å². The molecule has 5 rings (SSSR count). The monoisotopic (exact) mass is 421 g/mol. The Hall–Kier alpha value is -3.83. The summed E-state index contributed by atoms with van der Waals surface area (Å²) < 4.78 is 2.07. The maximum atomic E-state index is 13.4. The van der Waals surface area contributed by atoms with Gasteiger partial charge in [-0.15, -0.1) is 0 Å². The predicted octanol–water partition coefficient (Wildman–Crippen LogP) is 6.29. The summed E-state index contributed by atoms with van der Waals surface area (Å²) in [4.78, 5) is 20.5. The Balaban J connectivity index is 1.57. The van der Waals surface area contributed by atoms with Crippen molar-refractivity contribution in [2.24, 2.45) is 4.99 Å². The van der Waals surface area contributed by atoms with E-state index in [1.54, 1.807) is 4.90 Å². The SMILES string of the molecule is O=C1/C(=C\c2cccn2-c2ccccc2)SC(=Nc2ccccc2)N1c1ccccc1. The molecule has 0 spiro atoms. The zero-order chi connectivity index (χ0) is 21.0. The van der Waals surface area contributed by atoms with E-state index in [1.807, 2.05) is 115 Å². The molecule has 1 saturated heterocycles. The predicted molar refractivity (Wildman–Crippen MR) is 129 cm³/mol. The number of aromatic nitrogens is 1. The molecule has 1 aliphatic rings. The number of amidine groups is 1. The molecule has 0 saturated carbocycles. The molecular formula is C26H19N3OS. The molecule has 1 aliphatic heterocycles. The standard InChI is InChI=1S/C26H19N3OS/c30-25-24(19-23-17-10-18-28(23)21-13-6-2-7-14-21)31-26(27-20-11-4-1-5-12-20)29(25)22-15-8-3-9-16-22/h1-19H/b24-19+,27-26?. The van der Waals surface area contributed by atoms with Crippen molar-refractivity contribution < 1.29 is 4.79 Å². The van der Waals surface area contributed by atoms with Gasteiger partial charge in [-0.05, 0) is 66.4 Å². The molecule has 0 aliphatic carbocycles. The highest BCUT2D eigenvalue weighted by Crippen LogP contribution is 2.37. The largest absolute Gasteiger partial charge is 0.317 e. The number of anilines is 1. The second-order valence-corrected chi connectivity index (χ2v) is 7.96. The van der Waals surface area contributed by atoms with Crippen LogP contribution in [0.15, 0.2) is 119 Å². The fourth-order valence-electron chi connectivity index (χ4n) is 3.44. The summed E-state index contributed by atoms with van der Waals surface area (Å²) in [6.45, 7) is 0. The molecule has 0 atom stereocenters. The number of para-hydroxylation sites is 3. The van der Waals surface area contributed by atoms with Crippen LogP contribution in [0.4, 0.5) is 11.4 Å². The molecular weight excluding hydrogens is 402 g/mol. The molecule has 1 amide bonds. The first-order chi connectivity index (χ1) is 15.3. The van der Waals surface area contributed by atoms with Crippen molar-refractivity contribution in [1.82, 2.24) is 4.57 Å². The summed E-state index contributed by atoms with van der Waals surface area (Å²) in [6, 6.07) is 33.4. The van der Waals surface area contributed by atoms with Crippen LogP contribution in [0.2, 0.25) is 0 Å². The average Bonchev–Trinajstić information content (AvgIpc) is 3.40. The molecule has 31 heavy (non-hydrogen) atoms. The van der Waals surface area contributed by atoms with Crippen molar-refractivity contribution in [2.45, 2.75) is 0 Å². The topological polar surface area (TPSA) is 37.6 Å². The number of hydrogen-bond donors (Lipinski definition) is 0. The van der Waals surface area contributed by atoms with Gasteiger partial charge in [0.05, 0.1) is 16.3 Å². The van der Waals surface area contributed by atoms with Gasteiger partial charge in [-0.1, -0.05) is 54.6 Å². The van der Waals surface area contributed by atoms with Crippen LogP contribution >= 0.6 is 11.8 Å². The first-order valence-corrected chi connectivity index (χ1v) is 10.8. The van der Waals surface area contributed by atoms with Crippen molar-refractivity contribution in [1.29, 1.82) is 0 Å². The third kappa shape index (κ3) is 3.96. The molecule has 0 N–H and O–H groups in total. The van der Waals surface area contributed by atoms with Crippen LogP contribution in [-0.4, -0.2) is 15.6 Å². The van der Waals surface area contributed by atoms with Gasteiger partial charge in [0.15, 0.2) is 5.17 Å². The van der Waals surface area contributed by atoms with Gasteiger partial charge in [0.25, 0.3) is 5.91 Å². The van der Waals surface area contributed by atoms with Crippen molar-refractivity contribution in [2.75, 3.05) is 4.90 Å². The van der Waals surface area contributed by atoms with Gasteiger partial charge in [-0.2, -0.15) is 0 Å². The van der Waals surface area contributed by atoms with E-state index < -0.39 is 0 Å². The van der Waals surface area contributed by atoms with Gasteiger partial charge in [0.1, 0.15) is 0 Å². The number of carbonyl (C=O) groups excluding carboxylic acids is 1. The van der Waals surface area contributed by atoms with Crippen LogP contribution in [-0.2, 0) is 4.79 Å². The third-order valence-corrected chi connectivity index (χ3v) is 5.86. The van der Waals surface area contributed by atoms with Crippen LogP contribution in [0.3, 0.4) is 0 Å². The molecule has 1 fully saturated rings. The number of thioether (sulfide) groups is 1. The second kappa shape index (κ2) is 8.50. The summed E-state index contributed by atoms with van der Waals surface area (Å²) in [5.41, 5.74) is 3.60. The van der Waals surface area contributed by atoms with Crippen LogP contribution in [0.25, 0.3) is 11.8 Å². The Morgan fingerprint density at radius 3 is 2.00 bits per heavy atom. The lowest BCUT2D eigenvalue weighted by Crippen LogP contribution is -2.28. The molecule has 5 heteroatoms.